The normalized spacial score (nSPS) is 10.8. The van der Waals surface area contributed by atoms with Crippen LogP contribution in [0.2, 0.25) is 0 Å². The van der Waals surface area contributed by atoms with E-state index in [-0.39, 0.29) is 37.7 Å². The fourth-order valence-electron chi connectivity index (χ4n) is 2.04. The van der Waals surface area contributed by atoms with Crippen molar-refractivity contribution < 1.29 is 25.9 Å². The van der Waals surface area contributed by atoms with E-state index in [1.54, 1.807) is 48.5 Å². The van der Waals surface area contributed by atoms with Gasteiger partial charge in [0.05, 0.1) is 0 Å². The first-order valence-electron chi connectivity index (χ1n) is 9.14. The molecule has 0 aromatic heterocycles. The van der Waals surface area contributed by atoms with Crippen molar-refractivity contribution in [3.05, 3.63) is 125 Å². The van der Waals surface area contributed by atoms with E-state index in [2.05, 4.69) is 6.58 Å². The van der Waals surface area contributed by atoms with Gasteiger partial charge in [0.15, 0.2) is 0 Å². The number of hydrogen-bond donors (Lipinski definition) is 0. The molecule has 0 saturated heterocycles. The summed E-state index contributed by atoms with van der Waals surface area (Å²) in [6.45, 7) is 3.63. The molecule has 3 aromatic rings. The summed E-state index contributed by atoms with van der Waals surface area (Å²) in [5.41, 5.74) is 2.56. The molecule has 0 N–H and O–H groups in total. The van der Waals surface area contributed by atoms with Gasteiger partial charge in [-0.1, -0.05) is 104 Å². The molecule has 6 nitrogen and oxygen atoms in total. The summed E-state index contributed by atoms with van der Waals surface area (Å²) in [5.74, 6) is 0. The summed E-state index contributed by atoms with van der Waals surface area (Å²) in [4.78, 5) is 0. The number of hydrogen-bond acceptors (Lipinski definition) is 6. The Morgan fingerprint density at radius 1 is 0.545 bits per heavy atom. The van der Waals surface area contributed by atoms with Crippen molar-refractivity contribution >= 4 is 76.2 Å². The molecule has 0 aliphatic carbocycles. The second kappa shape index (κ2) is 16.6. The zero-order chi connectivity index (χ0) is 23.9. The maximum atomic E-state index is 10.2. The maximum Gasteiger partial charge on any atom is 2.00 e. The Kier molecular flexibility index (Phi) is 15.5. The Morgan fingerprint density at radius 2 is 0.818 bits per heavy atom. The molecule has 0 bridgehead atoms. The molecule has 0 atom stereocenters. The molecule has 3 rings (SSSR count). The van der Waals surface area contributed by atoms with Gasteiger partial charge >= 0.3 is 37.7 Å². The van der Waals surface area contributed by atoms with E-state index >= 15 is 0 Å². The topological polar surface area (TPSA) is 114 Å². The van der Waals surface area contributed by atoms with Gasteiger partial charge in [0, 0.05) is 10.8 Å². The Labute approximate surface area is 225 Å². The summed E-state index contributed by atoms with van der Waals surface area (Å²) in [7, 11) is -8.51. The number of benzene rings is 3. The molecule has 168 valence electrons. The Balaban J connectivity index is 0.000000468. The van der Waals surface area contributed by atoms with Crippen LogP contribution in [0.4, 0.5) is 0 Å². The van der Waals surface area contributed by atoms with Crippen LogP contribution in [-0.4, -0.2) is 63.7 Å². The average molecular weight is 511 g/mol. The second-order valence-corrected chi connectivity index (χ2v) is 8.54. The summed E-state index contributed by atoms with van der Waals surface area (Å²) in [6, 6.07) is 27.5. The van der Waals surface area contributed by atoms with Crippen molar-refractivity contribution in [2.75, 3.05) is 0 Å². The molecule has 0 unspecified atom stereocenters. The van der Waals surface area contributed by atoms with Gasteiger partial charge in [-0.05, 0) is 28.8 Å². The standard InChI is InChI=1S/2C8H8O3S.C8H8.Ca/c2*9-12(10,11)7-6-8-4-2-1-3-5-8;1-2-8-6-4-3-5-7-8;/h2*1-7H,(H,9,10,11);2-7H,1H2;/q;;;+2/p-2. The van der Waals surface area contributed by atoms with E-state index in [1.807, 2.05) is 48.5 Å². The van der Waals surface area contributed by atoms with Crippen LogP contribution >= 0.6 is 0 Å². The Hall–Kier alpha value is -2.04. The molecule has 33 heavy (non-hydrogen) atoms. The first-order chi connectivity index (χ1) is 15.1. The van der Waals surface area contributed by atoms with Gasteiger partial charge in [-0.15, -0.1) is 0 Å². The van der Waals surface area contributed by atoms with Gasteiger partial charge in [-0.2, -0.15) is 0 Å². The zero-order valence-electron chi connectivity index (χ0n) is 17.7. The fourth-order valence-corrected chi connectivity index (χ4v) is 2.69. The zero-order valence-corrected chi connectivity index (χ0v) is 21.6. The minimum atomic E-state index is -4.25. The SMILES string of the molecule is C=Cc1ccccc1.O=S(=O)([O-])C=Cc1ccccc1.O=S(=O)([O-])C=Cc1ccccc1.[Ca+2]. The van der Waals surface area contributed by atoms with Gasteiger partial charge < -0.3 is 9.11 Å². The molecule has 0 aliphatic rings. The molecule has 0 spiro atoms. The smallest absolute Gasteiger partial charge is 0.744 e. The van der Waals surface area contributed by atoms with Crippen LogP contribution in [0.1, 0.15) is 16.7 Å². The predicted molar refractivity (Wildman–Crippen MR) is 133 cm³/mol. The van der Waals surface area contributed by atoms with E-state index in [0.717, 1.165) is 0 Å². The third-order valence-corrected chi connectivity index (χ3v) is 4.43. The first-order valence-corrected chi connectivity index (χ1v) is 12.1. The summed E-state index contributed by atoms with van der Waals surface area (Å²) in [6.07, 6.45) is 4.37. The van der Waals surface area contributed by atoms with Gasteiger partial charge in [-0.25, -0.2) is 16.8 Å². The predicted octanol–water partition coefficient (Wildman–Crippen LogP) is 4.35. The van der Waals surface area contributed by atoms with Crippen LogP contribution in [0.15, 0.2) is 108 Å². The molecular formula is C24H22CaO6S2. The molecule has 0 amide bonds. The van der Waals surface area contributed by atoms with E-state index in [4.69, 9.17) is 0 Å². The monoisotopic (exact) mass is 510 g/mol. The van der Waals surface area contributed by atoms with E-state index in [1.165, 1.54) is 17.7 Å². The Morgan fingerprint density at radius 3 is 1.03 bits per heavy atom. The molecule has 9 heteroatoms. The van der Waals surface area contributed by atoms with Gasteiger partial charge in [0.2, 0.25) is 0 Å². The summed E-state index contributed by atoms with van der Waals surface area (Å²) >= 11 is 0. The van der Waals surface area contributed by atoms with Crippen molar-refractivity contribution in [1.29, 1.82) is 0 Å². The molecule has 0 saturated carbocycles. The van der Waals surface area contributed by atoms with E-state index < -0.39 is 20.2 Å². The molecular weight excluding hydrogens is 488 g/mol. The van der Waals surface area contributed by atoms with Crippen LogP contribution in [0.25, 0.3) is 18.2 Å². The third-order valence-electron chi connectivity index (χ3n) is 3.49. The Bertz CT molecular complexity index is 1130. The first kappa shape index (κ1) is 31.0. The average Bonchev–Trinajstić information content (AvgIpc) is 2.78. The third kappa shape index (κ3) is 18.1. The van der Waals surface area contributed by atoms with Crippen LogP contribution in [-0.2, 0) is 20.2 Å². The second-order valence-electron chi connectivity index (χ2n) is 6.03. The van der Waals surface area contributed by atoms with Crippen LogP contribution in [0.3, 0.4) is 0 Å². The van der Waals surface area contributed by atoms with Gasteiger partial charge in [0.25, 0.3) is 0 Å². The molecule has 0 radical (unpaired) electrons. The fraction of sp³-hybridized carbons (Fsp3) is 0. The van der Waals surface area contributed by atoms with Gasteiger partial charge in [-0.3, -0.25) is 0 Å². The minimum absolute atomic E-state index is 0. The van der Waals surface area contributed by atoms with Crippen molar-refractivity contribution in [3.63, 3.8) is 0 Å². The quantitative estimate of drug-likeness (QED) is 0.372. The molecule has 3 aromatic carbocycles. The van der Waals surface area contributed by atoms with Crippen LogP contribution in [0, 0.1) is 0 Å². The molecule has 0 aliphatic heterocycles. The van der Waals surface area contributed by atoms with E-state index in [0.29, 0.717) is 21.9 Å². The molecule has 0 fully saturated rings. The minimum Gasteiger partial charge on any atom is -0.744 e. The summed E-state index contributed by atoms with van der Waals surface area (Å²) in [5, 5.41) is 1.28. The van der Waals surface area contributed by atoms with Gasteiger partial charge in [0.1, 0.15) is 20.2 Å². The van der Waals surface area contributed by atoms with Crippen molar-refractivity contribution in [1.82, 2.24) is 0 Å². The van der Waals surface area contributed by atoms with Crippen molar-refractivity contribution in [2.45, 2.75) is 0 Å². The van der Waals surface area contributed by atoms with Crippen LogP contribution in [0.5, 0.6) is 0 Å². The van der Waals surface area contributed by atoms with E-state index in [9.17, 15) is 25.9 Å². The maximum absolute atomic E-state index is 10.2. The van der Waals surface area contributed by atoms with Crippen molar-refractivity contribution in [2.24, 2.45) is 0 Å². The number of rotatable bonds is 5. The summed E-state index contributed by atoms with van der Waals surface area (Å²) < 4.78 is 61.0. The molecule has 0 heterocycles. The van der Waals surface area contributed by atoms with Crippen molar-refractivity contribution in [3.8, 4) is 0 Å². The van der Waals surface area contributed by atoms with Crippen LogP contribution < -0.4 is 0 Å². The largest absolute Gasteiger partial charge is 2.00 e.